The molecule has 16 heavy (non-hydrogen) atoms. The Kier molecular flexibility index (Phi) is 5.85. The molecule has 0 aliphatic carbocycles. The van der Waals surface area contributed by atoms with Crippen molar-refractivity contribution in [3.63, 3.8) is 0 Å². The lowest BCUT2D eigenvalue weighted by atomic mass is 10.2. The molecule has 1 saturated heterocycles. The summed E-state index contributed by atoms with van der Waals surface area (Å²) < 4.78 is 0. The highest BCUT2D eigenvalue weighted by molar-refractivity contribution is 5.78. The van der Waals surface area contributed by atoms with Crippen molar-refractivity contribution in [2.24, 2.45) is 0 Å². The average Bonchev–Trinajstić information content (AvgIpc) is 2.52. The lowest BCUT2D eigenvalue weighted by molar-refractivity contribution is -0.137. The Morgan fingerprint density at radius 1 is 1.12 bits per heavy atom. The average molecular weight is 228 g/mol. The van der Waals surface area contributed by atoms with E-state index in [0.717, 1.165) is 25.9 Å². The highest BCUT2D eigenvalue weighted by atomic mass is 16.4. The van der Waals surface area contributed by atoms with Gasteiger partial charge in [-0.25, -0.2) is 0 Å². The van der Waals surface area contributed by atoms with Crippen molar-refractivity contribution in [1.82, 2.24) is 10.2 Å². The second kappa shape index (κ2) is 7.22. The van der Waals surface area contributed by atoms with Gasteiger partial charge in [0.1, 0.15) is 0 Å². The minimum atomic E-state index is -0.838. The topological polar surface area (TPSA) is 69.6 Å². The Bertz CT molecular complexity index is 235. The molecule has 0 unspecified atom stereocenters. The van der Waals surface area contributed by atoms with Crippen LogP contribution in [0, 0.1) is 0 Å². The summed E-state index contributed by atoms with van der Waals surface area (Å²) in [4.78, 5) is 23.8. The summed E-state index contributed by atoms with van der Waals surface area (Å²) in [5.74, 6) is -0.748. The Labute approximate surface area is 95.8 Å². The molecule has 1 aliphatic heterocycles. The van der Waals surface area contributed by atoms with E-state index >= 15 is 0 Å². The lowest BCUT2D eigenvalue weighted by Crippen LogP contribution is -2.39. The monoisotopic (exact) mass is 228 g/mol. The number of aliphatic carboxylic acids is 1. The van der Waals surface area contributed by atoms with Crippen LogP contribution in [0.15, 0.2) is 0 Å². The maximum Gasteiger partial charge on any atom is 0.304 e. The lowest BCUT2D eigenvalue weighted by Gasteiger charge is -2.20. The van der Waals surface area contributed by atoms with Gasteiger partial charge in [0.2, 0.25) is 5.91 Å². The summed E-state index contributed by atoms with van der Waals surface area (Å²) in [5, 5.41) is 11.3. The number of rotatable bonds is 5. The summed E-state index contributed by atoms with van der Waals surface area (Å²) >= 11 is 0. The molecule has 0 atom stereocenters. The number of carbonyl (C=O) groups is 2. The summed E-state index contributed by atoms with van der Waals surface area (Å²) in [6.07, 6.45) is 4.64. The smallest absolute Gasteiger partial charge is 0.304 e. The first-order valence-corrected chi connectivity index (χ1v) is 5.90. The zero-order chi connectivity index (χ0) is 11.8. The van der Waals surface area contributed by atoms with Crippen molar-refractivity contribution in [1.29, 1.82) is 0 Å². The number of likely N-dealkylation sites (tertiary alicyclic amines) is 1. The minimum Gasteiger partial charge on any atom is -0.481 e. The molecular formula is C11H20N2O3. The molecular weight excluding hydrogens is 208 g/mol. The highest BCUT2D eigenvalue weighted by Crippen LogP contribution is 2.09. The van der Waals surface area contributed by atoms with Gasteiger partial charge in [0.05, 0.1) is 13.0 Å². The van der Waals surface area contributed by atoms with Gasteiger partial charge in [-0.05, 0) is 12.8 Å². The van der Waals surface area contributed by atoms with Crippen LogP contribution in [0.2, 0.25) is 0 Å². The number of hydrogen-bond donors (Lipinski definition) is 2. The molecule has 0 spiro atoms. The van der Waals surface area contributed by atoms with E-state index in [0.29, 0.717) is 6.54 Å². The Balaban J connectivity index is 2.15. The van der Waals surface area contributed by atoms with E-state index in [9.17, 15) is 9.59 Å². The molecule has 0 bridgehead atoms. The number of hydrogen-bond acceptors (Lipinski definition) is 3. The van der Waals surface area contributed by atoms with Crippen molar-refractivity contribution in [2.45, 2.75) is 32.1 Å². The van der Waals surface area contributed by atoms with Crippen molar-refractivity contribution in [3.8, 4) is 0 Å². The van der Waals surface area contributed by atoms with Gasteiger partial charge in [-0.15, -0.1) is 0 Å². The first-order chi connectivity index (χ1) is 7.70. The first-order valence-electron chi connectivity index (χ1n) is 5.90. The Hall–Kier alpha value is -1.10. The number of nitrogens with zero attached hydrogens (tertiary/aromatic N) is 1. The summed E-state index contributed by atoms with van der Waals surface area (Å²) in [6.45, 7) is 2.31. The van der Waals surface area contributed by atoms with Crippen LogP contribution in [0.1, 0.15) is 32.1 Å². The van der Waals surface area contributed by atoms with Gasteiger partial charge in [0.15, 0.2) is 0 Å². The molecule has 0 aromatic heterocycles. The number of carboxylic acid groups (broad SMARTS) is 1. The van der Waals surface area contributed by atoms with Crippen LogP contribution in [0.5, 0.6) is 0 Å². The van der Waals surface area contributed by atoms with Crippen molar-refractivity contribution >= 4 is 11.9 Å². The molecule has 0 aromatic carbocycles. The summed E-state index contributed by atoms with van der Waals surface area (Å²) in [5.41, 5.74) is 0. The van der Waals surface area contributed by atoms with Gasteiger partial charge >= 0.3 is 5.97 Å². The molecule has 1 aliphatic rings. The van der Waals surface area contributed by atoms with Crippen LogP contribution < -0.4 is 5.32 Å². The molecule has 2 N–H and O–H groups in total. The van der Waals surface area contributed by atoms with E-state index in [1.54, 1.807) is 0 Å². The van der Waals surface area contributed by atoms with Gasteiger partial charge in [-0.2, -0.15) is 0 Å². The first kappa shape index (κ1) is 13.0. The van der Waals surface area contributed by atoms with Gasteiger partial charge in [-0.1, -0.05) is 12.8 Å². The number of carbonyl (C=O) groups excluding carboxylic acids is 1. The van der Waals surface area contributed by atoms with Crippen molar-refractivity contribution < 1.29 is 14.7 Å². The second-order valence-corrected chi connectivity index (χ2v) is 4.12. The zero-order valence-corrected chi connectivity index (χ0v) is 9.57. The van der Waals surface area contributed by atoms with Gasteiger partial charge in [0, 0.05) is 19.6 Å². The van der Waals surface area contributed by atoms with Crippen LogP contribution in [0.25, 0.3) is 0 Å². The van der Waals surface area contributed by atoms with Gasteiger partial charge in [0.25, 0.3) is 0 Å². The predicted octanol–water partition coefficient (Wildman–Crippen LogP) is 0.453. The molecule has 0 aromatic rings. The van der Waals surface area contributed by atoms with E-state index in [4.69, 9.17) is 5.11 Å². The molecule has 92 valence electrons. The normalized spacial score (nSPS) is 16.9. The van der Waals surface area contributed by atoms with Crippen LogP contribution in [0.4, 0.5) is 0 Å². The SMILES string of the molecule is O=C(O)CCNCC(=O)N1CCCCCC1. The quantitative estimate of drug-likeness (QED) is 0.670. The number of nitrogens with one attached hydrogen (secondary N) is 1. The largest absolute Gasteiger partial charge is 0.481 e. The van der Waals surface area contributed by atoms with Crippen LogP contribution >= 0.6 is 0 Å². The molecule has 5 heteroatoms. The maximum atomic E-state index is 11.7. The molecule has 1 amide bonds. The summed E-state index contributed by atoms with van der Waals surface area (Å²) in [6, 6.07) is 0. The van der Waals surface area contributed by atoms with Crippen molar-refractivity contribution in [3.05, 3.63) is 0 Å². The second-order valence-electron chi connectivity index (χ2n) is 4.12. The summed E-state index contributed by atoms with van der Waals surface area (Å²) in [7, 11) is 0. The zero-order valence-electron chi connectivity index (χ0n) is 9.57. The number of carboxylic acids is 1. The Morgan fingerprint density at radius 3 is 2.31 bits per heavy atom. The molecule has 1 rings (SSSR count). The molecule has 1 heterocycles. The molecule has 0 radical (unpaired) electrons. The van der Waals surface area contributed by atoms with E-state index in [-0.39, 0.29) is 18.9 Å². The fraction of sp³-hybridized carbons (Fsp3) is 0.818. The third-order valence-corrected chi connectivity index (χ3v) is 2.75. The van der Waals surface area contributed by atoms with Crippen LogP contribution in [0.3, 0.4) is 0 Å². The standard InChI is InChI=1S/C11H20N2O3/c14-10(9-12-6-5-11(15)16)13-7-3-1-2-4-8-13/h12H,1-9H2,(H,15,16). The predicted molar refractivity (Wildman–Crippen MR) is 60.2 cm³/mol. The van der Waals surface area contributed by atoms with E-state index in [2.05, 4.69) is 5.32 Å². The van der Waals surface area contributed by atoms with Gasteiger partial charge in [-0.3, -0.25) is 9.59 Å². The van der Waals surface area contributed by atoms with Crippen molar-refractivity contribution in [2.75, 3.05) is 26.2 Å². The fourth-order valence-electron chi connectivity index (χ4n) is 1.82. The minimum absolute atomic E-state index is 0.0628. The van der Waals surface area contributed by atoms with E-state index < -0.39 is 5.97 Å². The maximum absolute atomic E-state index is 11.7. The van der Waals surface area contributed by atoms with E-state index in [1.165, 1.54) is 12.8 Å². The molecule has 1 fully saturated rings. The van der Waals surface area contributed by atoms with E-state index in [1.807, 2.05) is 4.90 Å². The van der Waals surface area contributed by atoms with Gasteiger partial charge < -0.3 is 15.3 Å². The molecule has 5 nitrogen and oxygen atoms in total. The third-order valence-electron chi connectivity index (χ3n) is 2.75. The third kappa shape index (κ3) is 5.11. The Morgan fingerprint density at radius 2 is 1.75 bits per heavy atom. The van der Waals surface area contributed by atoms with Crippen LogP contribution in [-0.4, -0.2) is 48.1 Å². The number of amides is 1. The van der Waals surface area contributed by atoms with Crippen LogP contribution in [-0.2, 0) is 9.59 Å². The molecule has 0 saturated carbocycles. The fourth-order valence-corrected chi connectivity index (χ4v) is 1.82. The highest BCUT2D eigenvalue weighted by Gasteiger charge is 2.14.